The summed E-state index contributed by atoms with van der Waals surface area (Å²) in [6.45, 7) is 1.71. The lowest BCUT2D eigenvalue weighted by atomic mass is 9.68. The van der Waals surface area contributed by atoms with Gasteiger partial charge in [-0.15, -0.1) is 0 Å². The number of carbonyl (C=O) groups is 1. The normalized spacial score (nSPS) is 17.3. The molecule has 0 amide bonds. The van der Waals surface area contributed by atoms with Crippen LogP contribution in [0.2, 0.25) is 0 Å². The molecule has 1 saturated carbocycles. The Bertz CT molecular complexity index is 463. The number of methoxy groups -OCH3 is 1. The molecule has 0 aromatic carbocycles. The van der Waals surface area contributed by atoms with Gasteiger partial charge in [-0.2, -0.15) is 5.26 Å². The maximum atomic E-state index is 11.4. The highest BCUT2D eigenvalue weighted by atomic mass is 16.5. The fourth-order valence-corrected chi connectivity index (χ4v) is 1.97. The number of carbonyl (C=O) groups excluding carboxylic acids is 1. The second-order valence-electron chi connectivity index (χ2n) is 4.12. The van der Waals surface area contributed by atoms with Crippen molar-refractivity contribution >= 4 is 5.97 Å². The van der Waals surface area contributed by atoms with Crippen molar-refractivity contribution in [3.63, 3.8) is 0 Å². The second-order valence-corrected chi connectivity index (χ2v) is 4.12. The number of nitrogens with zero attached hydrogens (tertiary/aromatic N) is 1. The minimum atomic E-state index is -0.517. The molecule has 0 N–H and O–H groups in total. The molecule has 1 fully saturated rings. The molecule has 1 aromatic heterocycles. The predicted octanol–water partition coefficient (Wildman–Crippen LogP) is 2.32. The van der Waals surface area contributed by atoms with Crippen LogP contribution in [0.15, 0.2) is 10.5 Å². The van der Waals surface area contributed by atoms with Crippen molar-refractivity contribution in [1.82, 2.24) is 0 Å². The lowest BCUT2D eigenvalue weighted by Gasteiger charge is -2.32. The molecule has 0 spiro atoms. The van der Waals surface area contributed by atoms with Crippen LogP contribution in [0.3, 0.4) is 0 Å². The van der Waals surface area contributed by atoms with Gasteiger partial charge in [0, 0.05) is 0 Å². The number of rotatable bonds is 2. The first kappa shape index (κ1) is 10.7. The van der Waals surface area contributed by atoms with E-state index in [2.05, 4.69) is 10.8 Å². The molecule has 0 radical (unpaired) electrons. The van der Waals surface area contributed by atoms with Gasteiger partial charge in [0.05, 0.1) is 13.2 Å². The molecular weight excluding hydrogens is 206 g/mol. The van der Waals surface area contributed by atoms with E-state index in [1.54, 1.807) is 13.0 Å². The van der Waals surface area contributed by atoms with Gasteiger partial charge in [-0.05, 0) is 32.3 Å². The lowest BCUT2D eigenvalue weighted by molar-refractivity contribution is 0.0599. The van der Waals surface area contributed by atoms with Crippen molar-refractivity contribution in [3.8, 4) is 6.07 Å². The van der Waals surface area contributed by atoms with Crippen LogP contribution >= 0.6 is 0 Å². The second kappa shape index (κ2) is 3.67. The van der Waals surface area contributed by atoms with Crippen molar-refractivity contribution < 1.29 is 13.9 Å². The highest BCUT2D eigenvalue weighted by Crippen LogP contribution is 2.44. The fourth-order valence-electron chi connectivity index (χ4n) is 1.97. The van der Waals surface area contributed by atoms with Crippen molar-refractivity contribution in [1.29, 1.82) is 5.26 Å². The van der Waals surface area contributed by atoms with Crippen LogP contribution in [0.25, 0.3) is 0 Å². The minimum absolute atomic E-state index is 0.416. The zero-order valence-corrected chi connectivity index (χ0v) is 9.37. The van der Waals surface area contributed by atoms with E-state index in [1.807, 2.05) is 0 Å². The highest BCUT2D eigenvalue weighted by Gasteiger charge is 2.42. The van der Waals surface area contributed by atoms with Gasteiger partial charge < -0.3 is 9.15 Å². The first-order chi connectivity index (χ1) is 7.63. The Balaban J connectivity index is 2.38. The first-order valence-corrected chi connectivity index (χ1v) is 5.23. The lowest BCUT2D eigenvalue weighted by Crippen LogP contribution is -2.31. The molecular formula is C12H13NO3. The smallest absolute Gasteiger partial charge is 0.341 e. The van der Waals surface area contributed by atoms with Crippen molar-refractivity contribution in [3.05, 3.63) is 23.2 Å². The summed E-state index contributed by atoms with van der Waals surface area (Å²) in [5, 5.41) is 9.16. The number of furan rings is 1. The molecule has 0 unspecified atom stereocenters. The van der Waals surface area contributed by atoms with Crippen molar-refractivity contribution in [2.75, 3.05) is 7.11 Å². The number of hydrogen-bond acceptors (Lipinski definition) is 4. The third-order valence-corrected chi connectivity index (χ3v) is 3.22. The number of ether oxygens (including phenoxy) is 1. The van der Waals surface area contributed by atoms with Gasteiger partial charge in [0.15, 0.2) is 0 Å². The minimum Gasteiger partial charge on any atom is -0.465 e. The standard InChI is InChI=1S/C12H13NO3/c1-8-9(11(14)15-2)6-10(16-8)12(7-13)4-3-5-12/h6H,3-5H2,1-2H3. The molecule has 0 atom stereocenters. The van der Waals surface area contributed by atoms with Gasteiger partial charge >= 0.3 is 5.97 Å². The van der Waals surface area contributed by atoms with E-state index in [4.69, 9.17) is 9.68 Å². The number of aryl methyl sites for hydroxylation is 1. The summed E-state index contributed by atoms with van der Waals surface area (Å²) in [5.74, 6) is 0.697. The van der Waals surface area contributed by atoms with Gasteiger partial charge in [-0.1, -0.05) is 0 Å². The van der Waals surface area contributed by atoms with Crippen molar-refractivity contribution in [2.45, 2.75) is 31.6 Å². The van der Waals surface area contributed by atoms with E-state index in [9.17, 15) is 4.79 Å². The molecule has 0 saturated heterocycles. The first-order valence-electron chi connectivity index (χ1n) is 5.23. The Morgan fingerprint density at radius 2 is 2.31 bits per heavy atom. The number of nitriles is 1. The van der Waals surface area contributed by atoms with E-state index in [-0.39, 0.29) is 0 Å². The zero-order chi connectivity index (χ0) is 11.8. The van der Waals surface area contributed by atoms with Crippen LogP contribution in [-0.2, 0) is 10.2 Å². The SMILES string of the molecule is COC(=O)c1cc(C2(C#N)CCC2)oc1C. The molecule has 16 heavy (non-hydrogen) atoms. The summed E-state index contributed by atoms with van der Waals surface area (Å²) < 4.78 is 10.2. The molecule has 4 nitrogen and oxygen atoms in total. The van der Waals surface area contributed by atoms with E-state index in [0.29, 0.717) is 17.1 Å². The average molecular weight is 219 g/mol. The van der Waals surface area contributed by atoms with Gasteiger partial charge in [0.2, 0.25) is 0 Å². The van der Waals surface area contributed by atoms with Gasteiger partial charge in [-0.25, -0.2) is 4.79 Å². The predicted molar refractivity (Wildman–Crippen MR) is 55.9 cm³/mol. The zero-order valence-electron chi connectivity index (χ0n) is 9.37. The van der Waals surface area contributed by atoms with E-state index in [0.717, 1.165) is 19.3 Å². The Morgan fingerprint density at radius 1 is 1.62 bits per heavy atom. The summed E-state index contributed by atoms with van der Waals surface area (Å²) >= 11 is 0. The quantitative estimate of drug-likeness (QED) is 0.716. The molecule has 0 bridgehead atoms. The Labute approximate surface area is 93.8 Å². The summed E-state index contributed by atoms with van der Waals surface area (Å²) in [7, 11) is 1.33. The maximum absolute atomic E-state index is 11.4. The Kier molecular flexibility index (Phi) is 2.47. The van der Waals surface area contributed by atoms with Gasteiger partial charge in [0.25, 0.3) is 0 Å². The highest BCUT2D eigenvalue weighted by molar-refractivity contribution is 5.90. The Hall–Kier alpha value is -1.76. The van der Waals surface area contributed by atoms with Crippen LogP contribution < -0.4 is 0 Å². The van der Waals surface area contributed by atoms with E-state index in [1.165, 1.54) is 7.11 Å². The van der Waals surface area contributed by atoms with E-state index >= 15 is 0 Å². The van der Waals surface area contributed by atoms with Crippen LogP contribution in [-0.4, -0.2) is 13.1 Å². The summed E-state index contributed by atoms with van der Waals surface area (Å²) in [4.78, 5) is 11.4. The number of hydrogen-bond donors (Lipinski definition) is 0. The van der Waals surface area contributed by atoms with Gasteiger partial charge in [0.1, 0.15) is 22.5 Å². The molecule has 1 aromatic rings. The topological polar surface area (TPSA) is 63.2 Å². The molecule has 1 aliphatic rings. The van der Waals surface area contributed by atoms with Crippen LogP contribution in [0.4, 0.5) is 0 Å². The van der Waals surface area contributed by atoms with Gasteiger partial charge in [-0.3, -0.25) is 0 Å². The summed E-state index contributed by atoms with van der Waals surface area (Å²) in [6, 6.07) is 3.93. The molecule has 2 rings (SSSR count). The van der Waals surface area contributed by atoms with Crippen molar-refractivity contribution in [2.24, 2.45) is 0 Å². The summed E-state index contributed by atoms with van der Waals surface area (Å²) in [6.07, 6.45) is 2.63. The third-order valence-electron chi connectivity index (χ3n) is 3.22. The van der Waals surface area contributed by atoms with Crippen LogP contribution in [0, 0.1) is 18.3 Å². The van der Waals surface area contributed by atoms with E-state index < -0.39 is 11.4 Å². The molecule has 4 heteroatoms. The van der Waals surface area contributed by atoms with Crippen LogP contribution in [0.1, 0.15) is 41.1 Å². The molecule has 84 valence electrons. The molecule has 1 aliphatic carbocycles. The largest absolute Gasteiger partial charge is 0.465 e. The fraction of sp³-hybridized carbons (Fsp3) is 0.500. The Morgan fingerprint density at radius 3 is 2.75 bits per heavy atom. The maximum Gasteiger partial charge on any atom is 0.341 e. The summed E-state index contributed by atoms with van der Waals surface area (Å²) in [5.41, 5.74) is -0.101. The average Bonchev–Trinajstić information content (AvgIpc) is 2.59. The molecule has 0 aliphatic heterocycles. The monoisotopic (exact) mass is 219 g/mol. The third kappa shape index (κ3) is 1.40. The number of esters is 1. The van der Waals surface area contributed by atoms with Crippen LogP contribution in [0.5, 0.6) is 0 Å². The molecule has 1 heterocycles.